The number of aromatic nitrogens is 1. The fourth-order valence-corrected chi connectivity index (χ4v) is 2.99. The molecule has 0 saturated carbocycles. The molecular weight excluding hydrogens is 218 g/mol. The van der Waals surface area contributed by atoms with Crippen LogP contribution in [0.2, 0.25) is 0 Å². The van der Waals surface area contributed by atoms with E-state index >= 15 is 0 Å². The molecule has 0 bridgehead atoms. The maximum atomic E-state index is 4.27. The molecule has 1 aromatic heterocycles. The summed E-state index contributed by atoms with van der Waals surface area (Å²) in [7, 11) is 0. The Hall–Kier alpha value is -0.450. The summed E-state index contributed by atoms with van der Waals surface area (Å²) in [4.78, 5) is 5.63. The molecule has 1 aliphatic heterocycles. The maximum Gasteiger partial charge on any atom is 0.0798 e. The van der Waals surface area contributed by atoms with Gasteiger partial charge in [0.15, 0.2) is 0 Å². The van der Waals surface area contributed by atoms with E-state index in [1.54, 1.807) is 11.3 Å². The predicted octanol–water partition coefficient (Wildman–Crippen LogP) is 1.93. The topological polar surface area (TPSA) is 37.0 Å². The van der Waals surface area contributed by atoms with Gasteiger partial charge in [-0.25, -0.2) is 4.98 Å². The molecule has 1 aliphatic rings. The lowest BCUT2D eigenvalue weighted by Gasteiger charge is -2.34. The molecule has 2 heterocycles. The summed E-state index contributed by atoms with van der Waals surface area (Å²) in [5, 5.41) is 7.05. The third-order valence-electron chi connectivity index (χ3n) is 3.37. The molecule has 90 valence electrons. The van der Waals surface area contributed by atoms with Crippen LogP contribution in [0.25, 0.3) is 0 Å². The van der Waals surface area contributed by atoms with E-state index in [9.17, 15) is 0 Å². The summed E-state index contributed by atoms with van der Waals surface area (Å²) in [6.07, 6.45) is 2.63. The van der Waals surface area contributed by atoms with Crippen LogP contribution >= 0.6 is 11.3 Å². The largest absolute Gasteiger partial charge is 0.316 e. The summed E-state index contributed by atoms with van der Waals surface area (Å²) in [6, 6.07) is 0. The molecule has 1 unspecified atom stereocenters. The number of rotatable bonds is 4. The first-order chi connectivity index (χ1) is 7.70. The van der Waals surface area contributed by atoms with Crippen molar-refractivity contribution in [3.05, 3.63) is 16.1 Å². The zero-order valence-electron chi connectivity index (χ0n) is 10.2. The second kappa shape index (κ2) is 5.25. The van der Waals surface area contributed by atoms with Crippen LogP contribution < -0.4 is 10.6 Å². The number of aryl methyl sites for hydroxylation is 1. The lowest BCUT2D eigenvalue weighted by atomic mass is 9.83. The van der Waals surface area contributed by atoms with Crippen molar-refractivity contribution >= 4 is 11.3 Å². The van der Waals surface area contributed by atoms with Crippen molar-refractivity contribution in [1.82, 2.24) is 15.6 Å². The molecule has 0 radical (unpaired) electrons. The van der Waals surface area contributed by atoms with E-state index in [0.717, 1.165) is 19.6 Å². The van der Waals surface area contributed by atoms with E-state index in [2.05, 4.69) is 29.5 Å². The Labute approximate surface area is 102 Å². The predicted molar refractivity (Wildman–Crippen MR) is 68.8 cm³/mol. The highest BCUT2D eigenvalue weighted by molar-refractivity contribution is 7.09. The van der Waals surface area contributed by atoms with Crippen LogP contribution in [0.5, 0.6) is 0 Å². The molecule has 16 heavy (non-hydrogen) atoms. The number of nitrogens with zero attached hydrogens (tertiary/aromatic N) is 1. The van der Waals surface area contributed by atoms with Crippen molar-refractivity contribution in [2.75, 3.05) is 19.6 Å². The van der Waals surface area contributed by atoms with Gasteiger partial charge < -0.3 is 10.6 Å². The molecule has 0 spiro atoms. The minimum atomic E-state index is 0.427. The van der Waals surface area contributed by atoms with E-state index in [0.29, 0.717) is 5.41 Å². The molecule has 3 nitrogen and oxygen atoms in total. The first-order valence-electron chi connectivity index (χ1n) is 6.00. The highest BCUT2D eigenvalue weighted by Crippen LogP contribution is 2.24. The zero-order chi connectivity index (χ0) is 11.4. The maximum absolute atomic E-state index is 4.27. The first kappa shape index (κ1) is 12.0. The van der Waals surface area contributed by atoms with Crippen LogP contribution in [0.1, 0.15) is 30.3 Å². The van der Waals surface area contributed by atoms with E-state index in [4.69, 9.17) is 0 Å². The van der Waals surface area contributed by atoms with E-state index in [1.807, 2.05) is 5.51 Å². The molecule has 2 rings (SSSR count). The number of hydrogen-bond donors (Lipinski definition) is 2. The van der Waals surface area contributed by atoms with Crippen LogP contribution in [0, 0.1) is 12.3 Å². The highest BCUT2D eigenvalue weighted by atomic mass is 32.1. The van der Waals surface area contributed by atoms with Gasteiger partial charge in [0.25, 0.3) is 0 Å². The molecular formula is C12H21N3S. The molecule has 0 amide bonds. The van der Waals surface area contributed by atoms with Gasteiger partial charge in [0.1, 0.15) is 0 Å². The quantitative estimate of drug-likeness (QED) is 0.843. The van der Waals surface area contributed by atoms with Gasteiger partial charge in [-0.1, -0.05) is 6.92 Å². The van der Waals surface area contributed by atoms with Crippen molar-refractivity contribution < 1.29 is 0 Å². The van der Waals surface area contributed by atoms with Gasteiger partial charge in [-0.05, 0) is 31.7 Å². The fourth-order valence-electron chi connectivity index (χ4n) is 2.24. The van der Waals surface area contributed by atoms with Gasteiger partial charge in [-0.2, -0.15) is 0 Å². The van der Waals surface area contributed by atoms with Crippen LogP contribution in [0.4, 0.5) is 0 Å². The SMILES string of the molecule is Cc1ncsc1CNCC1(C)CCCNC1. The Morgan fingerprint density at radius 1 is 1.62 bits per heavy atom. The number of hydrogen-bond acceptors (Lipinski definition) is 4. The average molecular weight is 239 g/mol. The van der Waals surface area contributed by atoms with Crippen LogP contribution in [0.3, 0.4) is 0 Å². The second-order valence-corrected chi connectivity index (χ2v) is 5.99. The lowest BCUT2D eigenvalue weighted by molar-refractivity contribution is 0.226. The smallest absolute Gasteiger partial charge is 0.0798 e. The second-order valence-electron chi connectivity index (χ2n) is 5.06. The Kier molecular flexibility index (Phi) is 3.95. The molecule has 1 fully saturated rings. The number of piperidine rings is 1. The van der Waals surface area contributed by atoms with Gasteiger partial charge in [-0.3, -0.25) is 0 Å². The van der Waals surface area contributed by atoms with Crippen molar-refractivity contribution in [3.8, 4) is 0 Å². The average Bonchev–Trinajstić information content (AvgIpc) is 2.65. The summed E-state index contributed by atoms with van der Waals surface area (Å²) in [5.74, 6) is 0. The minimum Gasteiger partial charge on any atom is -0.316 e. The summed E-state index contributed by atoms with van der Waals surface area (Å²) in [6.45, 7) is 8.83. The molecule has 0 aliphatic carbocycles. The summed E-state index contributed by atoms with van der Waals surface area (Å²) in [5.41, 5.74) is 3.52. The molecule has 1 atom stereocenters. The number of thiazole rings is 1. The molecule has 1 saturated heterocycles. The Bertz CT molecular complexity index is 329. The summed E-state index contributed by atoms with van der Waals surface area (Å²) < 4.78 is 0. The van der Waals surface area contributed by atoms with Crippen molar-refractivity contribution in [3.63, 3.8) is 0 Å². The van der Waals surface area contributed by atoms with Crippen molar-refractivity contribution in [2.24, 2.45) is 5.41 Å². The van der Waals surface area contributed by atoms with E-state index in [-0.39, 0.29) is 0 Å². The number of nitrogens with one attached hydrogen (secondary N) is 2. The highest BCUT2D eigenvalue weighted by Gasteiger charge is 2.25. The van der Waals surface area contributed by atoms with Gasteiger partial charge in [-0.15, -0.1) is 11.3 Å². The third kappa shape index (κ3) is 3.03. The van der Waals surface area contributed by atoms with Crippen LogP contribution in [-0.2, 0) is 6.54 Å². The first-order valence-corrected chi connectivity index (χ1v) is 6.88. The van der Waals surface area contributed by atoms with E-state index < -0.39 is 0 Å². The van der Waals surface area contributed by atoms with E-state index in [1.165, 1.54) is 30.0 Å². The molecule has 4 heteroatoms. The molecule has 1 aromatic rings. The lowest BCUT2D eigenvalue weighted by Crippen LogP contribution is -2.44. The van der Waals surface area contributed by atoms with Crippen LogP contribution in [0.15, 0.2) is 5.51 Å². The Morgan fingerprint density at radius 2 is 2.50 bits per heavy atom. The Morgan fingerprint density at radius 3 is 3.12 bits per heavy atom. The standard InChI is InChI=1S/C12H21N3S/c1-10-11(16-9-15-10)6-14-8-12(2)4-3-5-13-7-12/h9,13-14H,3-8H2,1-2H3. The van der Waals surface area contributed by atoms with Crippen LogP contribution in [-0.4, -0.2) is 24.6 Å². The van der Waals surface area contributed by atoms with Gasteiger partial charge >= 0.3 is 0 Å². The molecule has 2 N–H and O–H groups in total. The van der Waals surface area contributed by atoms with Gasteiger partial charge in [0.2, 0.25) is 0 Å². The zero-order valence-corrected chi connectivity index (χ0v) is 11.0. The monoisotopic (exact) mass is 239 g/mol. The summed E-state index contributed by atoms with van der Waals surface area (Å²) >= 11 is 1.75. The minimum absolute atomic E-state index is 0.427. The van der Waals surface area contributed by atoms with Gasteiger partial charge in [0.05, 0.1) is 11.2 Å². The van der Waals surface area contributed by atoms with Crippen molar-refractivity contribution in [1.29, 1.82) is 0 Å². The van der Waals surface area contributed by atoms with Crippen molar-refractivity contribution in [2.45, 2.75) is 33.2 Å². The fraction of sp³-hybridized carbons (Fsp3) is 0.750. The normalized spacial score (nSPS) is 25.9. The Balaban J connectivity index is 1.77. The van der Waals surface area contributed by atoms with Gasteiger partial charge in [0, 0.05) is 24.5 Å². The molecule has 0 aromatic carbocycles. The third-order valence-corrected chi connectivity index (χ3v) is 4.30.